The molecule has 5 atom stereocenters. The first kappa shape index (κ1) is 9.85. The lowest BCUT2D eigenvalue weighted by Gasteiger charge is -2.35. The van der Waals surface area contributed by atoms with Crippen molar-refractivity contribution in [2.24, 2.45) is 0 Å². The van der Waals surface area contributed by atoms with Gasteiger partial charge in [-0.2, -0.15) is 0 Å². The van der Waals surface area contributed by atoms with Crippen LogP contribution in [0.1, 0.15) is 0 Å². The van der Waals surface area contributed by atoms with Crippen molar-refractivity contribution in [1.82, 2.24) is 0 Å². The zero-order chi connectivity index (χ0) is 9.30. The van der Waals surface area contributed by atoms with Crippen LogP contribution in [0.4, 0.5) is 0 Å². The molecule has 7 N–H and O–H groups in total. The van der Waals surface area contributed by atoms with E-state index in [1.165, 1.54) is 0 Å². The van der Waals surface area contributed by atoms with Crippen LogP contribution in [0.5, 0.6) is 0 Å². The fraction of sp³-hybridized carbons (Fsp3) is 1.00. The Bertz CT molecular complexity index is 150. The van der Waals surface area contributed by atoms with E-state index in [1.54, 1.807) is 0 Å². The molecule has 0 aromatic rings. The molecular formula is C6H14NO5+. The number of aliphatic hydroxyl groups is 4. The molecule has 12 heavy (non-hydrogen) atoms. The third-order valence-corrected chi connectivity index (χ3v) is 2.04. The summed E-state index contributed by atoms with van der Waals surface area (Å²) in [6.45, 7) is -0.406. The normalized spacial score (nSPS) is 49.2. The minimum Gasteiger partial charge on any atom is -0.394 e. The van der Waals surface area contributed by atoms with E-state index < -0.39 is 37.3 Å². The first-order chi connectivity index (χ1) is 5.57. The van der Waals surface area contributed by atoms with Gasteiger partial charge in [0.15, 0.2) is 12.4 Å². The summed E-state index contributed by atoms with van der Waals surface area (Å²) in [7, 11) is 0. The molecule has 1 saturated heterocycles. The van der Waals surface area contributed by atoms with Crippen LogP contribution in [-0.4, -0.2) is 57.7 Å². The van der Waals surface area contributed by atoms with E-state index in [-0.39, 0.29) is 0 Å². The Balaban J connectivity index is 2.63. The largest absolute Gasteiger partial charge is 0.394 e. The fourth-order valence-corrected chi connectivity index (χ4v) is 1.18. The van der Waals surface area contributed by atoms with E-state index in [0.717, 1.165) is 0 Å². The highest BCUT2D eigenvalue weighted by atomic mass is 16.6. The molecule has 6 heteroatoms. The van der Waals surface area contributed by atoms with Crippen LogP contribution in [-0.2, 0) is 4.74 Å². The molecule has 72 valence electrons. The predicted molar refractivity (Wildman–Crippen MR) is 36.7 cm³/mol. The Morgan fingerprint density at radius 3 is 2.25 bits per heavy atom. The van der Waals surface area contributed by atoms with E-state index in [2.05, 4.69) is 5.73 Å². The molecule has 0 amide bonds. The molecular weight excluding hydrogens is 166 g/mol. The van der Waals surface area contributed by atoms with E-state index in [0.29, 0.717) is 0 Å². The molecule has 0 saturated carbocycles. The second kappa shape index (κ2) is 3.65. The van der Waals surface area contributed by atoms with E-state index in [1.807, 2.05) is 0 Å². The lowest BCUT2D eigenvalue weighted by Crippen LogP contribution is -2.78. The van der Waals surface area contributed by atoms with Gasteiger partial charge in [-0.25, -0.2) is 0 Å². The zero-order valence-corrected chi connectivity index (χ0v) is 6.50. The summed E-state index contributed by atoms with van der Waals surface area (Å²) < 4.78 is 4.70. The van der Waals surface area contributed by atoms with Crippen LogP contribution >= 0.6 is 0 Å². The summed E-state index contributed by atoms with van der Waals surface area (Å²) in [6, 6.07) is -0.745. The van der Waals surface area contributed by atoms with Crippen molar-refractivity contribution in [1.29, 1.82) is 0 Å². The van der Waals surface area contributed by atoms with Crippen LogP contribution in [0, 0.1) is 0 Å². The summed E-state index contributed by atoms with van der Waals surface area (Å²) in [4.78, 5) is 0. The van der Waals surface area contributed by atoms with E-state index in [4.69, 9.17) is 20.1 Å². The maximum absolute atomic E-state index is 9.31. The summed E-state index contributed by atoms with van der Waals surface area (Å²) in [5, 5.41) is 36.2. The number of rotatable bonds is 1. The van der Waals surface area contributed by atoms with Crippen LogP contribution in [0.2, 0.25) is 0 Å². The Hall–Kier alpha value is -0.240. The molecule has 1 unspecified atom stereocenters. The molecule has 1 fully saturated rings. The lowest BCUT2D eigenvalue weighted by molar-refractivity contribution is -0.487. The number of hydrogen-bond donors (Lipinski definition) is 5. The highest BCUT2D eigenvalue weighted by Crippen LogP contribution is 2.16. The van der Waals surface area contributed by atoms with Crippen LogP contribution in [0.15, 0.2) is 0 Å². The standard InChI is InChI=1S/C6H13NO5/c7-3-4(9)2(1-8)12-6(11)5(3)10/h2-6,8-11H,1,7H2/p+1/t2-,3+,4-,5-,6?/m1/s1. The van der Waals surface area contributed by atoms with Crippen LogP contribution < -0.4 is 5.73 Å². The van der Waals surface area contributed by atoms with E-state index in [9.17, 15) is 5.11 Å². The minimum atomic E-state index is -1.38. The number of hydrogen-bond acceptors (Lipinski definition) is 5. The first-order valence-corrected chi connectivity index (χ1v) is 3.71. The molecule has 0 spiro atoms. The van der Waals surface area contributed by atoms with Gasteiger partial charge in [0.05, 0.1) is 6.61 Å². The monoisotopic (exact) mass is 180 g/mol. The van der Waals surface area contributed by atoms with Crippen LogP contribution in [0.25, 0.3) is 0 Å². The van der Waals surface area contributed by atoms with Gasteiger partial charge in [0.2, 0.25) is 0 Å². The topological polar surface area (TPSA) is 118 Å². The summed E-state index contributed by atoms with van der Waals surface area (Å²) in [6.07, 6.45) is -4.50. The van der Waals surface area contributed by atoms with Gasteiger partial charge in [-0.15, -0.1) is 0 Å². The highest BCUT2D eigenvalue weighted by molar-refractivity contribution is 4.87. The SMILES string of the molecule is [NH3+][C@H]1[C@H](O)[C@@H](CO)OC(O)[C@@H]1O. The Morgan fingerprint density at radius 1 is 1.17 bits per heavy atom. The molecule has 1 aliphatic rings. The number of ether oxygens (including phenoxy) is 1. The third kappa shape index (κ3) is 1.58. The van der Waals surface area contributed by atoms with Crippen molar-refractivity contribution >= 4 is 0 Å². The summed E-state index contributed by atoms with van der Waals surface area (Å²) in [5.74, 6) is 0. The van der Waals surface area contributed by atoms with Gasteiger partial charge in [0, 0.05) is 0 Å². The van der Waals surface area contributed by atoms with Gasteiger partial charge in [0.1, 0.15) is 18.2 Å². The second-order valence-corrected chi connectivity index (χ2v) is 2.89. The van der Waals surface area contributed by atoms with Gasteiger partial charge in [-0.1, -0.05) is 0 Å². The number of quaternary nitrogens is 1. The van der Waals surface area contributed by atoms with Gasteiger partial charge in [0.25, 0.3) is 0 Å². The predicted octanol–water partition coefficient (Wildman–Crippen LogP) is -3.97. The molecule has 0 aromatic carbocycles. The summed E-state index contributed by atoms with van der Waals surface area (Å²) >= 11 is 0. The lowest BCUT2D eigenvalue weighted by atomic mass is 9.97. The van der Waals surface area contributed by atoms with Crippen LogP contribution in [0.3, 0.4) is 0 Å². The molecule has 1 rings (SSSR count). The van der Waals surface area contributed by atoms with Crippen molar-refractivity contribution in [3.63, 3.8) is 0 Å². The van der Waals surface area contributed by atoms with Gasteiger partial charge < -0.3 is 30.9 Å². The molecule has 0 radical (unpaired) electrons. The molecule has 6 nitrogen and oxygen atoms in total. The van der Waals surface area contributed by atoms with Crippen molar-refractivity contribution in [3.05, 3.63) is 0 Å². The third-order valence-electron chi connectivity index (χ3n) is 2.04. The molecule has 0 aromatic heterocycles. The smallest absolute Gasteiger partial charge is 0.187 e. The Kier molecular flexibility index (Phi) is 2.99. The molecule has 0 aliphatic carbocycles. The summed E-state index contributed by atoms with van der Waals surface area (Å²) in [5.41, 5.74) is 3.46. The minimum absolute atomic E-state index is 0.406. The van der Waals surface area contributed by atoms with Gasteiger partial charge in [-0.05, 0) is 0 Å². The van der Waals surface area contributed by atoms with Crippen molar-refractivity contribution in [2.45, 2.75) is 30.6 Å². The maximum atomic E-state index is 9.31. The van der Waals surface area contributed by atoms with Crippen molar-refractivity contribution in [2.75, 3.05) is 6.61 Å². The van der Waals surface area contributed by atoms with Gasteiger partial charge >= 0.3 is 0 Å². The Morgan fingerprint density at radius 2 is 1.75 bits per heavy atom. The molecule has 1 heterocycles. The zero-order valence-electron chi connectivity index (χ0n) is 6.50. The maximum Gasteiger partial charge on any atom is 0.187 e. The van der Waals surface area contributed by atoms with E-state index >= 15 is 0 Å². The second-order valence-electron chi connectivity index (χ2n) is 2.89. The molecule has 1 aliphatic heterocycles. The van der Waals surface area contributed by atoms with Crippen molar-refractivity contribution < 1.29 is 30.9 Å². The fourth-order valence-electron chi connectivity index (χ4n) is 1.18. The Labute approximate surface area is 69.2 Å². The van der Waals surface area contributed by atoms with Crippen molar-refractivity contribution in [3.8, 4) is 0 Å². The average Bonchev–Trinajstić information content (AvgIpc) is 2.08. The molecule has 0 bridgehead atoms. The first-order valence-electron chi connectivity index (χ1n) is 3.71. The quantitative estimate of drug-likeness (QED) is 0.282. The average molecular weight is 180 g/mol. The van der Waals surface area contributed by atoms with Gasteiger partial charge in [-0.3, -0.25) is 0 Å². The number of aliphatic hydroxyl groups excluding tert-OH is 4. The highest BCUT2D eigenvalue weighted by Gasteiger charge is 2.44.